The molecule has 0 saturated heterocycles. The molecular formula is C24H17ClN2O6S. The van der Waals surface area contributed by atoms with Crippen LogP contribution in [0, 0.1) is 0 Å². The van der Waals surface area contributed by atoms with Crippen molar-refractivity contribution in [3.05, 3.63) is 95.9 Å². The number of thiophene rings is 1. The Morgan fingerprint density at radius 1 is 1.18 bits per heavy atom. The lowest BCUT2D eigenvalue weighted by Crippen LogP contribution is -2.34. The van der Waals surface area contributed by atoms with Crippen LogP contribution in [-0.4, -0.2) is 33.9 Å². The molecule has 4 rings (SSSR count). The number of esters is 1. The molecule has 0 aliphatic carbocycles. The minimum atomic E-state index is -1.21. The number of carboxylic acids is 1. The van der Waals surface area contributed by atoms with Crippen molar-refractivity contribution in [1.82, 2.24) is 9.78 Å². The average Bonchev–Trinajstić information content (AvgIpc) is 3.45. The van der Waals surface area contributed by atoms with Crippen LogP contribution in [0.2, 0.25) is 5.02 Å². The van der Waals surface area contributed by atoms with E-state index in [1.165, 1.54) is 41.3 Å². The van der Waals surface area contributed by atoms with E-state index in [9.17, 15) is 19.5 Å². The van der Waals surface area contributed by atoms with Crippen LogP contribution in [0.1, 0.15) is 25.6 Å². The molecule has 0 radical (unpaired) electrons. The molecule has 2 heterocycles. The van der Waals surface area contributed by atoms with Gasteiger partial charge in [0, 0.05) is 0 Å². The third-order valence-corrected chi connectivity index (χ3v) is 6.05. The normalized spacial score (nSPS) is 11.4. The summed E-state index contributed by atoms with van der Waals surface area (Å²) in [6.07, 6.45) is 1.60. The predicted molar refractivity (Wildman–Crippen MR) is 129 cm³/mol. The van der Waals surface area contributed by atoms with E-state index in [0.29, 0.717) is 27.2 Å². The van der Waals surface area contributed by atoms with Gasteiger partial charge in [0.1, 0.15) is 4.88 Å². The van der Waals surface area contributed by atoms with Gasteiger partial charge in [-0.1, -0.05) is 30.3 Å². The van der Waals surface area contributed by atoms with E-state index in [1.807, 2.05) is 0 Å². The van der Waals surface area contributed by atoms with Gasteiger partial charge in [-0.2, -0.15) is 0 Å². The van der Waals surface area contributed by atoms with Gasteiger partial charge in [0.25, 0.3) is 5.56 Å². The number of hydrogen-bond donors (Lipinski definition) is 2. The van der Waals surface area contributed by atoms with E-state index in [4.69, 9.17) is 21.1 Å². The maximum absolute atomic E-state index is 13.0. The van der Waals surface area contributed by atoms with E-state index in [-0.39, 0.29) is 21.6 Å². The van der Waals surface area contributed by atoms with E-state index in [0.717, 1.165) is 0 Å². The summed E-state index contributed by atoms with van der Waals surface area (Å²) in [7, 11) is 1.44. The van der Waals surface area contributed by atoms with Gasteiger partial charge in [-0.15, -0.1) is 11.3 Å². The lowest BCUT2D eigenvalue weighted by atomic mass is 10.1. The maximum Gasteiger partial charge on any atom is 0.353 e. The van der Waals surface area contributed by atoms with Crippen molar-refractivity contribution in [1.29, 1.82) is 0 Å². The summed E-state index contributed by atoms with van der Waals surface area (Å²) in [5, 5.41) is 14.6. The quantitative estimate of drug-likeness (QED) is 0.313. The second kappa shape index (κ2) is 9.42. The lowest BCUT2D eigenvalue weighted by molar-refractivity contribution is 0.0694. The Bertz CT molecular complexity index is 1570. The number of ether oxygens (including phenoxy) is 2. The van der Waals surface area contributed by atoms with Crippen LogP contribution < -0.4 is 25.6 Å². The van der Waals surface area contributed by atoms with Gasteiger partial charge in [0.15, 0.2) is 11.5 Å². The Morgan fingerprint density at radius 2 is 1.97 bits per heavy atom. The Balaban J connectivity index is 1.71. The summed E-state index contributed by atoms with van der Waals surface area (Å²) < 4.78 is 12.0. The van der Waals surface area contributed by atoms with Gasteiger partial charge in [-0.3, -0.25) is 9.89 Å². The largest absolute Gasteiger partial charge is 0.493 e. The molecule has 0 saturated carbocycles. The van der Waals surface area contributed by atoms with E-state index < -0.39 is 17.5 Å². The monoisotopic (exact) mass is 496 g/mol. The van der Waals surface area contributed by atoms with Crippen molar-refractivity contribution in [2.45, 2.75) is 0 Å². The standard InChI is InChI=1S/C24H17ClN2O6S/c1-13-16(22(28)27(26-13)15-6-7-18(25)17(12-15)23(29)30)10-14-5-8-19(20(11-14)32-2)33-24(31)21-4-3-9-34-21/h3-12,26H,1H2,2H3,(H,29,30). The summed E-state index contributed by atoms with van der Waals surface area (Å²) in [6, 6.07) is 12.5. The first-order valence-corrected chi connectivity index (χ1v) is 11.0. The van der Waals surface area contributed by atoms with Crippen molar-refractivity contribution in [3.8, 4) is 17.2 Å². The van der Waals surface area contributed by atoms with Crippen LogP contribution >= 0.6 is 22.9 Å². The van der Waals surface area contributed by atoms with Gasteiger partial charge in [-0.05, 0) is 53.4 Å². The van der Waals surface area contributed by atoms with Gasteiger partial charge < -0.3 is 14.6 Å². The van der Waals surface area contributed by atoms with E-state index in [1.54, 1.807) is 41.8 Å². The third-order valence-electron chi connectivity index (χ3n) is 4.87. The number of methoxy groups -OCH3 is 1. The molecule has 0 unspecified atom stereocenters. The van der Waals surface area contributed by atoms with Crippen LogP contribution in [0.15, 0.2) is 58.7 Å². The summed E-state index contributed by atoms with van der Waals surface area (Å²) in [5.74, 6) is -1.16. The van der Waals surface area contributed by atoms with Crippen LogP contribution in [-0.2, 0) is 0 Å². The zero-order valence-corrected chi connectivity index (χ0v) is 19.3. The van der Waals surface area contributed by atoms with Crippen LogP contribution in [0.4, 0.5) is 0 Å². The molecule has 4 aromatic rings. The fourth-order valence-electron chi connectivity index (χ4n) is 3.21. The number of carboxylic acid groups (broad SMARTS) is 1. The molecular weight excluding hydrogens is 480 g/mol. The van der Waals surface area contributed by atoms with Crippen LogP contribution in [0.3, 0.4) is 0 Å². The highest BCUT2D eigenvalue weighted by Crippen LogP contribution is 2.29. The number of nitrogens with zero attached hydrogens (tertiary/aromatic N) is 1. The minimum Gasteiger partial charge on any atom is -0.493 e. The zero-order chi connectivity index (χ0) is 24.4. The van der Waals surface area contributed by atoms with Crippen molar-refractivity contribution in [3.63, 3.8) is 0 Å². The molecule has 0 atom stereocenters. The summed E-state index contributed by atoms with van der Waals surface area (Å²) in [4.78, 5) is 37.1. The highest BCUT2D eigenvalue weighted by atomic mass is 35.5. The molecule has 0 bridgehead atoms. The van der Waals surface area contributed by atoms with Crippen molar-refractivity contribution in [2.24, 2.45) is 0 Å². The first-order chi connectivity index (χ1) is 16.3. The second-order valence-corrected chi connectivity index (χ2v) is 8.39. The van der Waals surface area contributed by atoms with Crippen molar-refractivity contribution in [2.75, 3.05) is 7.11 Å². The summed E-state index contributed by atoms with van der Waals surface area (Å²) in [5.41, 5.74) is 0.332. The topological polar surface area (TPSA) is 111 Å². The molecule has 8 nitrogen and oxygen atoms in total. The number of aromatic amines is 1. The molecule has 172 valence electrons. The van der Waals surface area contributed by atoms with Crippen molar-refractivity contribution >= 4 is 47.5 Å². The highest BCUT2D eigenvalue weighted by molar-refractivity contribution is 7.12. The van der Waals surface area contributed by atoms with Gasteiger partial charge in [0.05, 0.1) is 34.0 Å². The van der Waals surface area contributed by atoms with Gasteiger partial charge >= 0.3 is 11.9 Å². The maximum atomic E-state index is 13.0. The fourth-order valence-corrected chi connectivity index (χ4v) is 4.01. The lowest BCUT2D eigenvalue weighted by Gasteiger charge is -2.09. The number of hydrogen-bond acceptors (Lipinski definition) is 6. The first-order valence-electron chi connectivity index (χ1n) is 9.77. The molecule has 2 aromatic heterocycles. The predicted octanol–water partition coefficient (Wildman–Crippen LogP) is 3.05. The second-order valence-electron chi connectivity index (χ2n) is 7.04. The van der Waals surface area contributed by atoms with E-state index >= 15 is 0 Å². The fraction of sp³-hybridized carbons (Fsp3) is 0.0417. The number of H-pyrrole nitrogens is 1. The Labute approximate surface area is 201 Å². The number of carbonyl (C=O) groups excluding carboxylic acids is 1. The molecule has 0 fully saturated rings. The number of rotatable bonds is 6. The Morgan fingerprint density at radius 3 is 2.65 bits per heavy atom. The molecule has 2 N–H and O–H groups in total. The first kappa shape index (κ1) is 23.1. The molecule has 10 heteroatoms. The molecule has 0 spiro atoms. The number of benzene rings is 2. The van der Waals surface area contributed by atoms with Gasteiger partial charge in [-0.25, -0.2) is 14.3 Å². The van der Waals surface area contributed by atoms with Crippen LogP contribution in [0.5, 0.6) is 11.5 Å². The highest BCUT2D eigenvalue weighted by Gasteiger charge is 2.15. The molecule has 34 heavy (non-hydrogen) atoms. The molecule has 0 aliphatic heterocycles. The number of aromatic carboxylic acids is 1. The number of carbonyl (C=O) groups is 2. The Hall–Kier alpha value is -4.08. The minimum absolute atomic E-state index is 0.0597. The molecule has 0 aliphatic rings. The summed E-state index contributed by atoms with van der Waals surface area (Å²) in [6.45, 7) is 3.88. The average molecular weight is 497 g/mol. The molecule has 0 amide bonds. The number of halogens is 1. The number of nitrogens with one attached hydrogen (secondary N) is 1. The SMILES string of the molecule is C=c1[nH]n(-c2ccc(Cl)c(C(=O)O)c2)c(=O)c1=Cc1ccc(OC(=O)c2cccs2)c(OC)c1. The van der Waals surface area contributed by atoms with Crippen molar-refractivity contribution < 1.29 is 24.2 Å². The molecule has 2 aromatic carbocycles. The Kier molecular flexibility index (Phi) is 6.40. The third kappa shape index (κ3) is 4.52. The summed E-state index contributed by atoms with van der Waals surface area (Å²) >= 11 is 7.19. The smallest absolute Gasteiger partial charge is 0.353 e. The van der Waals surface area contributed by atoms with Gasteiger partial charge in [0.2, 0.25) is 0 Å². The zero-order valence-electron chi connectivity index (χ0n) is 17.7. The van der Waals surface area contributed by atoms with E-state index in [2.05, 4.69) is 11.7 Å². The van der Waals surface area contributed by atoms with Crippen LogP contribution in [0.25, 0.3) is 18.3 Å². The number of aromatic nitrogens is 2.